The van der Waals surface area contributed by atoms with Crippen molar-refractivity contribution in [3.8, 4) is 0 Å². The number of nitro benzene ring substituents is 1. The first-order valence-electron chi connectivity index (χ1n) is 6.05. The van der Waals surface area contributed by atoms with Crippen LogP contribution in [0.2, 0.25) is 0 Å². The molecule has 110 valence electrons. The van der Waals surface area contributed by atoms with E-state index < -0.39 is 10.9 Å². The van der Waals surface area contributed by atoms with E-state index in [1.165, 1.54) is 24.3 Å². The van der Waals surface area contributed by atoms with Gasteiger partial charge in [0.05, 0.1) is 4.92 Å². The van der Waals surface area contributed by atoms with Crippen molar-refractivity contribution in [3.63, 3.8) is 0 Å². The number of cyclic esters (lactones) is 1. The molecule has 0 fully saturated rings. The summed E-state index contributed by atoms with van der Waals surface area (Å²) in [6.07, 6.45) is 1.42. The molecule has 3 rings (SSSR count). The number of rotatable bonds is 3. The van der Waals surface area contributed by atoms with Crippen molar-refractivity contribution in [3.05, 3.63) is 68.2 Å². The maximum atomic E-state index is 11.8. The SMILES string of the molecule is O=C1OC(c2ccc(Br)o2)=NC1=Cc1cccc([N+](=O)[O-])c1. The molecule has 2 heterocycles. The van der Waals surface area contributed by atoms with Gasteiger partial charge in [0.15, 0.2) is 16.1 Å². The minimum Gasteiger partial charge on any atom is -0.444 e. The van der Waals surface area contributed by atoms with Gasteiger partial charge in [0.2, 0.25) is 0 Å². The number of nitrogens with zero attached hydrogens (tertiary/aromatic N) is 2. The van der Waals surface area contributed by atoms with Gasteiger partial charge in [-0.05, 0) is 39.7 Å². The average molecular weight is 363 g/mol. The van der Waals surface area contributed by atoms with Crippen molar-refractivity contribution < 1.29 is 18.9 Å². The van der Waals surface area contributed by atoms with Crippen molar-refractivity contribution in [2.24, 2.45) is 4.99 Å². The molecule has 1 aromatic carbocycles. The Bertz CT molecular complexity index is 837. The monoisotopic (exact) mass is 362 g/mol. The number of carbonyl (C=O) groups is 1. The summed E-state index contributed by atoms with van der Waals surface area (Å²) >= 11 is 3.14. The first-order chi connectivity index (χ1) is 10.5. The van der Waals surface area contributed by atoms with E-state index in [9.17, 15) is 14.9 Å². The zero-order chi connectivity index (χ0) is 15.7. The molecule has 0 bridgehead atoms. The zero-order valence-corrected chi connectivity index (χ0v) is 12.4. The van der Waals surface area contributed by atoms with Crippen molar-refractivity contribution in [1.82, 2.24) is 0 Å². The highest BCUT2D eigenvalue weighted by Crippen LogP contribution is 2.23. The van der Waals surface area contributed by atoms with Crippen LogP contribution in [0.15, 0.2) is 56.2 Å². The maximum Gasteiger partial charge on any atom is 0.363 e. The molecule has 0 radical (unpaired) electrons. The Morgan fingerprint density at radius 2 is 2.09 bits per heavy atom. The number of carbonyl (C=O) groups excluding carboxylic acids is 1. The second-order valence-electron chi connectivity index (χ2n) is 4.29. The number of non-ortho nitro benzene ring substituents is 1. The topological polar surface area (TPSA) is 94.9 Å². The van der Waals surface area contributed by atoms with Gasteiger partial charge >= 0.3 is 5.97 Å². The number of ether oxygens (including phenoxy) is 1. The van der Waals surface area contributed by atoms with Crippen LogP contribution in [-0.2, 0) is 9.53 Å². The molecular formula is C14H7BrN2O5. The standard InChI is InChI=1S/C14H7BrN2O5/c15-12-5-4-11(21-12)13-16-10(14(18)22-13)7-8-2-1-3-9(6-8)17(19)20/h1-7H. The Labute approximate surface area is 132 Å². The quantitative estimate of drug-likeness (QED) is 0.361. The van der Waals surface area contributed by atoms with Crippen LogP contribution in [0.4, 0.5) is 5.69 Å². The molecule has 8 heteroatoms. The van der Waals surface area contributed by atoms with Gasteiger partial charge in [-0.2, -0.15) is 0 Å². The third kappa shape index (κ3) is 2.82. The summed E-state index contributed by atoms with van der Waals surface area (Å²) in [6.45, 7) is 0. The highest BCUT2D eigenvalue weighted by atomic mass is 79.9. The fourth-order valence-corrected chi connectivity index (χ4v) is 2.14. The highest BCUT2D eigenvalue weighted by molar-refractivity contribution is 9.10. The summed E-state index contributed by atoms with van der Waals surface area (Å²) in [4.78, 5) is 26.1. The first-order valence-corrected chi connectivity index (χ1v) is 6.85. The van der Waals surface area contributed by atoms with Crippen LogP contribution in [-0.4, -0.2) is 16.8 Å². The molecule has 0 aliphatic carbocycles. The number of hydrogen-bond acceptors (Lipinski definition) is 6. The minimum absolute atomic E-state index is 0.0445. The van der Waals surface area contributed by atoms with Crippen LogP contribution in [0, 0.1) is 10.1 Å². The predicted molar refractivity (Wildman–Crippen MR) is 80.1 cm³/mol. The zero-order valence-electron chi connectivity index (χ0n) is 10.9. The summed E-state index contributed by atoms with van der Waals surface area (Å²) in [5.41, 5.74) is 0.453. The molecule has 0 spiro atoms. The second kappa shape index (κ2) is 5.57. The molecule has 0 saturated carbocycles. The van der Waals surface area contributed by atoms with Gasteiger partial charge in [0.1, 0.15) is 0 Å². The predicted octanol–water partition coefficient (Wildman–Crippen LogP) is 3.29. The van der Waals surface area contributed by atoms with Gasteiger partial charge in [-0.15, -0.1) is 0 Å². The van der Waals surface area contributed by atoms with Gasteiger partial charge in [-0.1, -0.05) is 12.1 Å². The lowest BCUT2D eigenvalue weighted by Gasteiger charge is -1.95. The van der Waals surface area contributed by atoms with E-state index >= 15 is 0 Å². The molecule has 1 aromatic heterocycles. The van der Waals surface area contributed by atoms with E-state index in [1.807, 2.05) is 0 Å². The van der Waals surface area contributed by atoms with Crippen LogP contribution < -0.4 is 0 Å². The maximum absolute atomic E-state index is 11.8. The fourth-order valence-electron chi connectivity index (χ4n) is 1.83. The van der Waals surface area contributed by atoms with Crippen LogP contribution >= 0.6 is 15.9 Å². The van der Waals surface area contributed by atoms with Crippen molar-refractivity contribution in [1.29, 1.82) is 0 Å². The van der Waals surface area contributed by atoms with E-state index in [0.29, 0.717) is 16.0 Å². The van der Waals surface area contributed by atoms with Crippen LogP contribution in [0.3, 0.4) is 0 Å². The molecule has 0 saturated heterocycles. The number of hydrogen-bond donors (Lipinski definition) is 0. The lowest BCUT2D eigenvalue weighted by molar-refractivity contribution is -0.384. The smallest absolute Gasteiger partial charge is 0.363 e. The number of aliphatic imine (C=N–C) groups is 1. The van der Waals surface area contributed by atoms with Crippen LogP contribution in [0.1, 0.15) is 11.3 Å². The van der Waals surface area contributed by atoms with Crippen molar-refractivity contribution in [2.45, 2.75) is 0 Å². The Morgan fingerprint density at radius 1 is 1.27 bits per heavy atom. The van der Waals surface area contributed by atoms with Crippen molar-refractivity contribution >= 4 is 39.6 Å². The van der Waals surface area contributed by atoms with Crippen molar-refractivity contribution in [2.75, 3.05) is 0 Å². The van der Waals surface area contributed by atoms with E-state index in [0.717, 1.165) is 0 Å². The number of halogens is 1. The Kier molecular flexibility index (Phi) is 3.60. The molecule has 0 N–H and O–H groups in total. The third-order valence-corrected chi connectivity index (χ3v) is 3.22. The number of esters is 1. The van der Waals surface area contributed by atoms with Crippen LogP contribution in [0.25, 0.3) is 6.08 Å². The summed E-state index contributed by atoms with van der Waals surface area (Å²) in [6, 6.07) is 9.12. The summed E-state index contributed by atoms with van der Waals surface area (Å²) < 4.78 is 10.8. The number of benzene rings is 1. The van der Waals surface area contributed by atoms with Gasteiger partial charge in [0, 0.05) is 12.1 Å². The molecule has 7 nitrogen and oxygen atoms in total. The van der Waals surface area contributed by atoms with Gasteiger partial charge in [-0.3, -0.25) is 10.1 Å². The van der Waals surface area contributed by atoms with E-state index in [1.54, 1.807) is 18.2 Å². The second-order valence-corrected chi connectivity index (χ2v) is 5.07. The summed E-state index contributed by atoms with van der Waals surface area (Å²) in [5, 5.41) is 10.7. The lowest BCUT2D eigenvalue weighted by atomic mass is 10.2. The Morgan fingerprint density at radius 3 is 2.77 bits per heavy atom. The summed E-state index contributed by atoms with van der Waals surface area (Å²) in [7, 11) is 0. The van der Waals surface area contributed by atoms with E-state index in [4.69, 9.17) is 9.15 Å². The Hall–Kier alpha value is -2.74. The van der Waals surface area contributed by atoms with Gasteiger partial charge in [0.25, 0.3) is 11.6 Å². The fraction of sp³-hybridized carbons (Fsp3) is 0. The molecular weight excluding hydrogens is 356 g/mol. The molecule has 2 aromatic rings. The van der Waals surface area contributed by atoms with Gasteiger partial charge < -0.3 is 9.15 Å². The highest BCUT2D eigenvalue weighted by Gasteiger charge is 2.26. The number of furan rings is 1. The van der Waals surface area contributed by atoms with Crippen LogP contribution in [0.5, 0.6) is 0 Å². The number of nitro groups is 1. The van der Waals surface area contributed by atoms with E-state index in [-0.39, 0.29) is 17.3 Å². The molecule has 1 aliphatic heterocycles. The molecule has 0 atom stereocenters. The molecule has 0 unspecified atom stereocenters. The average Bonchev–Trinajstić information content (AvgIpc) is 3.06. The molecule has 22 heavy (non-hydrogen) atoms. The summed E-state index contributed by atoms with van der Waals surface area (Å²) in [5.74, 6) is -0.288. The largest absolute Gasteiger partial charge is 0.444 e. The third-order valence-electron chi connectivity index (χ3n) is 2.79. The van der Waals surface area contributed by atoms with E-state index in [2.05, 4.69) is 20.9 Å². The molecule has 1 aliphatic rings. The first kappa shape index (κ1) is 14.2. The minimum atomic E-state index is -0.644. The van der Waals surface area contributed by atoms with Gasteiger partial charge in [-0.25, -0.2) is 9.79 Å². The molecule has 0 amide bonds. The Balaban J connectivity index is 1.94. The normalized spacial score (nSPS) is 15.8. The lowest BCUT2D eigenvalue weighted by Crippen LogP contribution is -2.04.